The van der Waals surface area contributed by atoms with Gasteiger partial charge in [-0.25, -0.2) is 0 Å². The highest BCUT2D eigenvalue weighted by molar-refractivity contribution is 5.59. The number of nitrogens with two attached hydrogens (primary N) is 1. The zero-order chi connectivity index (χ0) is 21.1. The van der Waals surface area contributed by atoms with Crippen LogP contribution in [0, 0.1) is 45.3 Å². The second-order valence-corrected chi connectivity index (χ2v) is 7.64. The summed E-state index contributed by atoms with van der Waals surface area (Å²) in [5, 5.41) is 30.0. The Labute approximate surface area is 175 Å². The van der Waals surface area contributed by atoms with Crippen LogP contribution in [0.4, 0.5) is 0 Å². The van der Waals surface area contributed by atoms with Crippen LogP contribution in [-0.4, -0.2) is 23.0 Å². The van der Waals surface area contributed by atoms with Crippen LogP contribution in [0.2, 0.25) is 0 Å². The lowest BCUT2D eigenvalue weighted by Crippen LogP contribution is -2.47. The van der Waals surface area contributed by atoms with Crippen molar-refractivity contribution in [2.24, 2.45) is 17.1 Å². The van der Waals surface area contributed by atoms with Crippen molar-refractivity contribution in [2.75, 3.05) is 13.1 Å². The van der Waals surface area contributed by atoms with E-state index in [1.165, 1.54) is 0 Å². The van der Waals surface area contributed by atoms with E-state index in [0.717, 1.165) is 16.7 Å². The normalized spacial score (nSPS) is 22.8. The molecule has 2 heterocycles. The van der Waals surface area contributed by atoms with Gasteiger partial charge in [0.15, 0.2) is 5.41 Å². The number of nitrogens with zero attached hydrogens (tertiary/aromatic N) is 5. The molecule has 6 nitrogen and oxygen atoms in total. The molecule has 146 valence electrons. The van der Waals surface area contributed by atoms with E-state index in [2.05, 4.69) is 28.1 Å². The quantitative estimate of drug-likeness (QED) is 0.859. The van der Waals surface area contributed by atoms with Gasteiger partial charge in [-0.05, 0) is 22.8 Å². The summed E-state index contributed by atoms with van der Waals surface area (Å²) < 4.78 is 0. The van der Waals surface area contributed by atoms with Crippen LogP contribution in [0.1, 0.15) is 17.0 Å². The molecule has 1 aliphatic heterocycles. The molecule has 2 aliphatic rings. The molecule has 0 saturated heterocycles. The van der Waals surface area contributed by atoms with E-state index in [1.807, 2.05) is 54.7 Å². The summed E-state index contributed by atoms with van der Waals surface area (Å²) in [7, 11) is 0. The Morgan fingerprint density at radius 3 is 2.50 bits per heavy atom. The predicted octanol–water partition coefficient (Wildman–Crippen LogP) is 3.01. The topological polar surface area (TPSA) is 114 Å². The average molecular weight is 392 g/mol. The van der Waals surface area contributed by atoms with Gasteiger partial charge in [0.25, 0.3) is 0 Å². The molecule has 4 rings (SSSR count). The lowest BCUT2D eigenvalue weighted by molar-refractivity contribution is 0.201. The molecule has 2 aromatic rings. The fraction of sp³-hybridized carbons (Fsp3) is 0.250. The van der Waals surface area contributed by atoms with Gasteiger partial charge in [-0.2, -0.15) is 15.8 Å². The number of hydrogen-bond acceptors (Lipinski definition) is 6. The number of rotatable bonds is 3. The highest BCUT2D eigenvalue weighted by Crippen LogP contribution is 2.54. The van der Waals surface area contributed by atoms with Crippen LogP contribution in [0.15, 0.2) is 77.8 Å². The first kappa shape index (κ1) is 19.4. The monoisotopic (exact) mass is 392 g/mol. The van der Waals surface area contributed by atoms with Gasteiger partial charge in [-0.1, -0.05) is 42.5 Å². The summed E-state index contributed by atoms with van der Waals surface area (Å²) >= 11 is 0. The zero-order valence-electron chi connectivity index (χ0n) is 16.4. The second-order valence-electron chi connectivity index (χ2n) is 7.64. The van der Waals surface area contributed by atoms with E-state index in [-0.39, 0.29) is 17.2 Å². The Bertz CT molecular complexity index is 1110. The third-order valence-electron chi connectivity index (χ3n) is 6.03. The Kier molecular flexibility index (Phi) is 5.07. The van der Waals surface area contributed by atoms with Gasteiger partial charge in [0.1, 0.15) is 6.07 Å². The van der Waals surface area contributed by atoms with Crippen molar-refractivity contribution >= 4 is 0 Å². The van der Waals surface area contributed by atoms with E-state index >= 15 is 0 Å². The highest BCUT2D eigenvalue weighted by Gasteiger charge is 2.54. The van der Waals surface area contributed by atoms with Crippen molar-refractivity contribution in [3.8, 4) is 18.2 Å². The fourth-order valence-electron chi connectivity index (χ4n) is 4.66. The van der Waals surface area contributed by atoms with Crippen molar-refractivity contribution in [3.63, 3.8) is 0 Å². The molecule has 1 aliphatic carbocycles. The van der Waals surface area contributed by atoms with E-state index in [1.54, 1.807) is 6.20 Å². The number of nitriles is 3. The van der Waals surface area contributed by atoms with Gasteiger partial charge in [0.2, 0.25) is 0 Å². The van der Waals surface area contributed by atoms with Gasteiger partial charge in [0.05, 0.1) is 23.4 Å². The van der Waals surface area contributed by atoms with Gasteiger partial charge in [-0.3, -0.25) is 9.88 Å². The van der Waals surface area contributed by atoms with E-state index in [9.17, 15) is 15.8 Å². The predicted molar refractivity (Wildman–Crippen MR) is 111 cm³/mol. The molecule has 0 amide bonds. The van der Waals surface area contributed by atoms with Crippen molar-refractivity contribution in [3.05, 3.63) is 88.9 Å². The third kappa shape index (κ3) is 3.03. The smallest absolute Gasteiger partial charge is 0.191 e. The molecule has 0 bridgehead atoms. The Hall–Kier alpha value is -3.92. The molecular formula is C24H20N6. The Balaban J connectivity index is 1.83. The first-order chi connectivity index (χ1) is 14.6. The molecule has 30 heavy (non-hydrogen) atoms. The molecule has 0 fully saturated rings. The molecule has 1 aromatic heterocycles. The summed E-state index contributed by atoms with van der Waals surface area (Å²) in [5.41, 5.74) is 7.88. The van der Waals surface area contributed by atoms with Crippen molar-refractivity contribution in [1.82, 2.24) is 9.88 Å². The van der Waals surface area contributed by atoms with E-state index in [0.29, 0.717) is 19.6 Å². The van der Waals surface area contributed by atoms with Crippen LogP contribution < -0.4 is 5.73 Å². The molecule has 1 aromatic carbocycles. The van der Waals surface area contributed by atoms with Gasteiger partial charge >= 0.3 is 0 Å². The molecule has 2 unspecified atom stereocenters. The number of pyridine rings is 1. The SMILES string of the molecule is N#CC1=C(N)C(C#N)(C#N)C(c2ccccc2)C2CN(Cc3cccnc3)CC=C12. The molecule has 2 atom stereocenters. The minimum absolute atomic E-state index is 0.0621. The first-order valence-corrected chi connectivity index (χ1v) is 9.74. The summed E-state index contributed by atoms with van der Waals surface area (Å²) in [6.45, 7) is 1.97. The van der Waals surface area contributed by atoms with Crippen LogP contribution in [0.25, 0.3) is 0 Å². The summed E-state index contributed by atoms with van der Waals surface area (Å²) in [4.78, 5) is 6.43. The zero-order valence-corrected chi connectivity index (χ0v) is 16.4. The van der Waals surface area contributed by atoms with E-state index in [4.69, 9.17) is 5.73 Å². The first-order valence-electron chi connectivity index (χ1n) is 9.74. The third-order valence-corrected chi connectivity index (χ3v) is 6.03. The molecule has 0 spiro atoms. The van der Waals surface area contributed by atoms with E-state index < -0.39 is 11.3 Å². The van der Waals surface area contributed by atoms with Gasteiger partial charge < -0.3 is 5.73 Å². The number of aromatic nitrogens is 1. The van der Waals surface area contributed by atoms with Crippen LogP contribution in [-0.2, 0) is 6.54 Å². The number of allylic oxidation sites excluding steroid dienone is 2. The van der Waals surface area contributed by atoms with Gasteiger partial charge in [0, 0.05) is 43.9 Å². The largest absolute Gasteiger partial charge is 0.399 e. The van der Waals surface area contributed by atoms with Crippen molar-refractivity contribution in [2.45, 2.75) is 12.5 Å². The van der Waals surface area contributed by atoms with Gasteiger partial charge in [-0.15, -0.1) is 0 Å². The minimum Gasteiger partial charge on any atom is -0.399 e. The van der Waals surface area contributed by atoms with Crippen LogP contribution in [0.5, 0.6) is 0 Å². The van der Waals surface area contributed by atoms with Crippen LogP contribution >= 0.6 is 0 Å². The number of benzene rings is 1. The van der Waals surface area contributed by atoms with Crippen LogP contribution in [0.3, 0.4) is 0 Å². The fourth-order valence-corrected chi connectivity index (χ4v) is 4.66. The van der Waals surface area contributed by atoms with Crippen molar-refractivity contribution < 1.29 is 0 Å². The number of fused-ring (bicyclic) bond motifs is 1. The maximum absolute atomic E-state index is 10.1. The maximum atomic E-state index is 10.1. The van der Waals surface area contributed by atoms with Crippen molar-refractivity contribution in [1.29, 1.82) is 15.8 Å². The summed E-state index contributed by atoms with van der Waals surface area (Å²) in [5.74, 6) is -0.659. The Morgan fingerprint density at radius 2 is 1.87 bits per heavy atom. The summed E-state index contributed by atoms with van der Waals surface area (Å²) in [6, 6.07) is 20.0. The summed E-state index contributed by atoms with van der Waals surface area (Å²) in [6.07, 6.45) is 5.60. The molecule has 0 radical (unpaired) electrons. The standard InChI is InChI=1S/C24H20N6/c25-11-20-19-8-10-30(13-17-5-4-9-29-12-17)14-21(19)22(18-6-2-1-3-7-18)24(15-26,16-27)23(20)28/h1-9,12,21-22H,10,13-14,28H2. The Morgan fingerprint density at radius 1 is 1.10 bits per heavy atom. The number of hydrogen-bond donors (Lipinski definition) is 1. The second kappa shape index (κ2) is 7.84. The highest BCUT2D eigenvalue weighted by atomic mass is 15.1. The molecular weight excluding hydrogens is 372 g/mol. The molecule has 2 N–H and O–H groups in total. The minimum atomic E-state index is -1.59. The average Bonchev–Trinajstić information content (AvgIpc) is 2.80. The maximum Gasteiger partial charge on any atom is 0.191 e. The lowest BCUT2D eigenvalue weighted by atomic mass is 9.58. The molecule has 6 heteroatoms. The molecule has 0 saturated carbocycles. The lowest BCUT2D eigenvalue weighted by Gasteiger charge is -2.45.